The molecule has 2 aromatic carbocycles. The predicted molar refractivity (Wildman–Crippen MR) is 156 cm³/mol. The molecule has 2 heterocycles. The quantitative estimate of drug-likeness (QED) is 0.438. The number of amides is 2. The number of nitrogens with zero attached hydrogens (tertiary/aromatic N) is 4. The number of hydrogen-bond acceptors (Lipinski definition) is 5. The topological polar surface area (TPSA) is 70.5 Å². The molecule has 4 rings (SSSR count). The second-order valence-corrected chi connectivity index (χ2v) is 12.6. The monoisotopic (exact) mass is 569 g/mol. The van der Waals surface area contributed by atoms with Gasteiger partial charge in [0, 0.05) is 35.7 Å². The fourth-order valence-corrected chi connectivity index (χ4v) is 6.08. The number of aromatic nitrogens is 2. The van der Waals surface area contributed by atoms with Gasteiger partial charge in [-0.25, -0.2) is 13.5 Å². The second-order valence-electron chi connectivity index (χ2n) is 11.5. The number of likely N-dealkylation sites (N-methyl/N-ethyl adjacent to an activating group) is 1. The third-order valence-electron chi connectivity index (χ3n) is 6.81. The van der Waals surface area contributed by atoms with E-state index in [1.165, 1.54) is 28.8 Å². The Morgan fingerprint density at radius 1 is 1.15 bits per heavy atom. The molecule has 1 aromatic heterocycles. The molecule has 2 amide bonds. The molecule has 0 saturated carbocycles. The summed E-state index contributed by atoms with van der Waals surface area (Å²) in [5.41, 5.74) is 3.87. The third kappa shape index (κ3) is 6.23. The Morgan fingerprint density at radius 3 is 2.50 bits per heavy atom. The summed E-state index contributed by atoms with van der Waals surface area (Å²) in [6.45, 7) is 10.9. The van der Waals surface area contributed by atoms with Gasteiger partial charge in [-0.05, 0) is 45.6 Å². The van der Waals surface area contributed by atoms with E-state index in [-0.39, 0.29) is 29.7 Å². The van der Waals surface area contributed by atoms with E-state index in [0.717, 1.165) is 22.9 Å². The lowest BCUT2D eigenvalue weighted by Gasteiger charge is -2.25. The van der Waals surface area contributed by atoms with E-state index in [0.29, 0.717) is 30.2 Å². The van der Waals surface area contributed by atoms with Crippen LogP contribution in [0.1, 0.15) is 54.0 Å². The van der Waals surface area contributed by atoms with Gasteiger partial charge >= 0.3 is 0 Å². The van der Waals surface area contributed by atoms with Gasteiger partial charge in [-0.3, -0.25) is 14.5 Å². The van der Waals surface area contributed by atoms with E-state index in [4.69, 9.17) is 5.10 Å². The van der Waals surface area contributed by atoms with Crippen molar-refractivity contribution in [1.82, 2.24) is 20.0 Å². The minimum Gasteiger partial charge on any atom is -0.353 e. The minimum absolute atomic E-state index is 0.0115. The van der Waals surface area contributed by atoms with E-state index in [9.17, 15) is 14.0 Å². The van der Waals surface area contributed by atoms with Gasteiger partial charge in [-0.1, -0.05) is 44.5 Å². The zero-order chi connectivity index (χ0) is 29.4. The van der Waals surface area contributed by atoms with Crippen molar-refractivity contribution >= 4 is 29.4 Å². The SMILES string of the molecule is Cc1ccc(-n2nc(C(C)(C)C)c3c2N(CC(=O)NCCN(C)C)C(=O)CSC3c2ccc(F)cc2F)c(C)c1. The van der Waals surface area contributed by atoms with Crippen molar-refractivity contribution in [3.05, 3.63) is 76.0 Å². The fraction of sp³-hybridized carbons (Fsp3) is 0.433. The number of nitrogens with one attached hydrogen (secondary N) is 1. The lowest BCUT2D eigenvalue weighted by atomic mass is 9.87. The molecule has 0 bridgehead atoms. The number of carbonyl (C=O) groups excluding carboxylic acids is 2. The van der Waals surface area contributed by atoms with Crippen LogP contribution in [0.2, 0.25) is 0 Å². The molecule has 214 valence electrons. The van der Waals surface area contributed by atoms with Crippen molar-refractivity contribution in [1.29, 1.82) is 0 Å². The van der Waals surface area contributed by atoms with Crippen LogP contribution in [0.25, 0.3) is 5.69 Å². The Labute approximate surface area is 238 Å². The molecule has 40 heavy (non-hydrogen) atoms. The van der Waals surface area contributed by atoms with Crippen molar-refractivity contribution < 1.29 is 18.4 Å². The molecule has 1 unspecified atom stereocenters. The molecule has 1 aliphatic rings. The molecule has 0 fully saturated rings. The first-order valence-corrected chi connectivity index (χ1v) is 14.3. The van der Waals surface area contributed by atoms with Crippen LogP contribution in [-0.4, -0.2) is 66.0 Å². The molecule has 1 atom stereocenters. The summed E-state index contributed by atoms with van der Waals surface area (Å²) < 4.78 is 30.9. The molecular formula is C30H37F2N5O2S. The highest BCUT2D eigenvalue weighted by Crippen LogP contribution is 2.49. The fourth-order valence-electron chi connectivity index (χ4n) is 4.86. The van der Waals surface area contributed by atoms with Crippen molar-refractivity contribution in [2.24, 2.45) is 0 Å². The van der Waals surface area contributed by atoms with Crippen LogP contribution in [0.5, 0.6) is 0 Å². The van der Waals surface area contributed by atoms with Gasteiger partial charge < -0.3 is 10.2 Å². The van der Waals surface area contributed by atoms with E-state index >= 15 is 4.39 Å². The number of hydrogen-bond donors (Lipinski definition) is 1. The number of aryl methyl sites for hydroxylation is 2. The number of anilines is 1. The molecular weight excluding hydrogens is 532 g/mol. The van der Waals surface area contributed by atoms with Gasteiger partial charge in [0.05, 0.1) is 22.4 Å². The lowest BCUT2D eigenvalue weighted by molar-refractivity contribution is -0.122. The summed E-state index contributed by atoms with van der Waals surface area (Å²) in [6.07, 6.45) is 0. The third-order valence-corrected chi connectivity index (χ3v) is 8.04. The Bertz CT molecular complexity index is 1430. The first-order chi connectivity index (χ1) is 18.8. The summed E-state index contributed by atoms with van der Waals surface area (Å²) in [5.74, 6) is -1.51. The Balaban J connectivity index is 1.97. The molecule has 0 aliphatic carbocycles. The van der Waals surface area contributed by atoms with Gasteiger partial charge in [-0.15, -0.1) is 11.8 Å². The van der Waals surface area contributed by atoms with Crippen LogP contribution in [0, 0.1) is 25.5 Å². The number of benzene rings is 2. The highest BCUT2D eigenvalue weighted by molar-refractivity contribution is 8.00. The smallest absolute Gasteiger partial charge is 0.240 e. The standard InChI is InChI=1S/C30H37F2N5O2S/c1-18-8-11-23(19(2)14-18)37-29-26(28(34-37)30(3,4)5)27(21-10-9-20(31)15-22(21)32)40-17-25(39)36(29)16-24(38)33-12-13-35(6)7/h8-11,14-15,27H,12-13,16-17H2,1-7H3,(H,33,38). The molecule has 0 radical (unpaired) electrons. The van der Waals surface area contributed by atoms with E-state index < -0.39 is 22.3 Å². The maximum atomic E-state index is 15.3. The maximum Gasteiger partial charge on any atom is 0.240 e. The van der Waals surface area contributed by atoms with Crippen LogP contribution in [0.15, 0.2) is 36.4 Å². The predicted octanol–water partition coefficient (Wildman–Crippen LogP) is 4.91. The van der Waals surface area contributed by atoms with Crippen LogP contribution in [0.4, 0.5) is 14.6 Å². The number of carbonyl (C=O) groups is 2. The van der Waals surface area contributed by atoms with Gasteiger partial charge in [0.1, 0.15) is 24.0 Å². The normalized spacial score (nSPS) is 15.8. The number of fused-ring (bicyclic) bond motifs is 1. The molecule has 3 aromatic rings. The van der Waals surface area contributed by atoms with E-state index in [2.05, 4.69) is 5.32 Å². The minimum atomic E-state index is -0.690. The summed E-state index contributed by atoms with van der Waals surface area (Å²) in [5, 5.41) is 7.29. The lowest BCUT2D eigenvalue weighted by Crippen LogP contribution is -2.43. The van der Waals surface area contributed by atoms with Crippen molar-refractivity contribution in [3.8, 4) is 5.69 Å². The van der Waals surface area contributed by atoms with E-state index in [1.54, 1.807) is 4.68 Å². The average molecular weight is 570 g/mol. The largest absolute Gasteiger partial charge is 0.353 e. The summed E-state index contributed by atoms with van der Waals surface area (Å²) >= 11 is 1.26. The zero-order valence-electron chi connectivity index (χ0n) is 24.1. The van der Waals surface area contributed by atoms with Crippen LogP contribution < -0.4 is 10.2 Å². The van der Waals surface area contributed by atoms with Crippen molar-refractivity contribution in [2.75, 3.05) is 44.4 Å². The van der Waals surface area contributed by atoms with Crippen LogP contribution in [-0.2, 0) is 15.0 Å². The molecule has 10 heteroatoms. The molecule has 1 aliphatic heterocycles. The highest BCUT2D eigenvalue weighted by Gasteiger charge is 2.40. The zero-order valence-corrected chi connectivity index (χ0v) is 25.0. The van der Waals surface area contributed by atoms with Gasteiger partial charge in [0.2, 0.25) is 11.8 Å². The highest BCUT2D eigenvalue weighted by atomic mass is 32.2. The molecule has 0 saturated heterocycles. The Kier molecular flexibility index (Phi) is 8.70. The number of thioether (sulfide) groups is 1. The number of halogens is 2. The molecule has 1 N–H and O–H groups in total. The molecule has 0 spiro atoms. The summed E-state index contributed by atoms with van der Waals surface area (Å²) in [4.78, 5) is 30.2. The maximum absolute atomic E-state index is 15.3. The van der Waals surface area contributed by atoms with Crippen molar-refractivity contribution in [3.63, 3.8) is 0 Å². The van der Waals surface area contributed by atoms with Gasteiger partial charge in [-0.2, -0.15) is 5.10 Å². The number of rotatable bonds is 7. The summed E-state index contributed by atoms with van der Waals surface area (Å²) in [6, 6.07) is 9.46. The first kappa shape index (κ1) is 29.7. The second kappa shape index (κ2) is 11.7. The molecule has 7 nitrogen and oxygen atoms in total. The first-order valence-electron chi connectivity index (χ1n) is 13.3. The summed E-state index contributed by atoms with van der Waals surface area (Å²) in [7, 11) is 3.83. The van der Waals surface area contributed by atoms with Crippen LogP contribution in [0.3, 0.4) is 0 Å². The Hall–Kier alpha value is -3.24. The van der Waals surface area contributed by atoms with Gasteiger partial charge in [0.15, 0.2) is 0 Å². The van der Waals surface area contributed by atoms with Crippen molar-refractivity contribution in [2.45, 2.75) is 45.3 Å². The van der Waals surface area contributed by atoms with Gasteiger partial charge in [0.25, 0.3) is 0 Å². The average Bonchev–Trinajstić information content (AvgIpc) is 3.17. The van der Waals surface area contributed by atoms with E-state index in [1.807, 2.05) is 71.8 Å². The Morgan fingerprint density at radius 2 is 1.88 bits per heavy atom. The van der Waals surface area contributed by atoms with Crippen LogP contribution >= 0.6 is 11.8 Å².